The first-order chi connectivity index (χ1) is 8.99. The van der Waals surface area contributed by atoms with Gasteiger partial charge in [-0.15, -0.1) is 0 Å². The van der Waals surface area contributed by atoms with Gasteiger partial charge in [0, 0.05) is 25.7 Å². The van der Waals surface area contributed by atoms with E-state index in [-0.39, 0.29) is 31.1 Å². The Balaban J connectivity index is 2.63. The molecule has 0 saturated carbocycles. The number of likely N-dealkylation sites (tertiary alicyclic amines) is 1. The number of amides is 2. The highest BCUT2D eigenvalue weighted by Crippen LogP contribution is 2.18. The zero-order chi connectivity index (χ0) is 14.4. The summed E-state index contributed by atoms with van der Waals surface area (Å²) in [7, 11) is 0. The van der Waals surface area contributed by atoms with Crippen LogP contribution in [0.2, 0.25) is 0 Å². The van der Waals surface area contributed by atoms with Gasteiger partial charge in [0.2, 0.25) is 0 Å². The standard InChI is InChI=1S/C13H24N2O4/c1-3-10(2)15(8-12(17)18)13(19)14-6-4-11(9-16)5-7-14/h10-11,16H,3-9H2,1-2H3,(H,17,18). The Hall–Kier alpha value is -1.30. The van der Waals surface area contributed by atoms with Crippen molar-refractivity contribution >= 4 is 12.0 Å². The number of piperidine rings is 1. The Morgan fingerprint density at radius 1 is 1.37 bits per heavy atom. The van der Waals surface area contributed by atoms with E-state index in [0.29, 0.717) is 13.1 Å². The Morgan fingerprint density at radius 3 is 2.37 bits per heavy atom. The normalized spacial score (nSPS) is 18.2. The highest BCUT2D eigenvalue weighted by atomic mass is 16.4. The van der Waals surface area contributed by atoms with Crippen LogP contribution in [0.25, 0.3) is 0 Å². The van der Waals surface area contributed by atoms with Gasteiger partial charge in [0.15, 0.2) is 0 Å². The second-order valence-electron chi connectivity index (χ2n) is 5.17. The van der Waals surface area contributed by atoms with Crippen LogP contribution in [-0.4, -0.2) is 64.3 Å². The molecule has 19 heavy (non-hydrogen) atoms. The van der Waals surface area contributed by atoms with Crippen LogP contribution in [0, 0.1) is 5.92 Å². The molecule has 1 unspecified atom stereocenters. The zero-order valence-corrected chi connectivity index (χ0v) is 11.7. The van der Waals surface area contributed by atoms with Crippen LogP contribution >= 0.6 is 0 Å². The zero-order valence-electron chi connectivity index (χ0n) is 11.7. The van der Waals surface area contributed by atoms with Crippen LogP contribution in [0.5, 0.6) is 0 Å². The van der Waals surface area contributed by atoms with Crippen molar-refractivity contribution in [2.24, 2.45) is 5.92 Å². The van der Waals surface area contributed by atoms with Crippen LogP contribution in [0.15, 0.2) is 0 Å². The summed E-state index contributed by atoms with van der Waals surface area (Å²) in [5, 5.41) is 18.0. The van der Waals surface area contributed by atoms with E-state index in [4.69, 9.17) is 10.2 Å². The summed E-state index contributed by atoms with van der Waals surface area (Å²) in [6.45, 7) is 4.89. The lowest BCUT2D eigenvalue weighted by Crippen LogP contribution is -2.51. The molecule has 0 aromatic heterocycles. The Bertz CT molecular complexity index is 314. The lowest BCUT2D eigenvalue weighted by atomic mass is 9.98. The first-order valence-corrected chi connectivity index (χ1v) is 6.87. The molecule has 2 N–H and O–H groups in total. The Morgan fingerprint density at radius 2 is 1.95 bits per heavy atom. The number of aliphatic hydroxyl groups is 1. The highest BCUT2D eigenvalue weighted by molar-refractivity contribution is 5.80. The Labute approximate surface area is 114 Å². The number of aliphatic carboxylic acids is 1. The van der Waals surface area contributed by atoms with Gasteiger partial charge >= 0.3 is 12.0 Å². The van der Waals surface area contributed by atoms with Crippen molar-refractivity contribution in [2.45, 2.75) is 39.2 Å². The average Bonchev–Trinajstić information content (AvgIpc) is 2.43. The summed E-state index contributed by atoms with van der Waals surface area (Å²) in [6, 6.07) is -0.285. The minimum absolute atomic E-state index is 0.0841. The predicted octanol–water partition coefficient (Wildman–Crippen LogP) is 0.996. The largest absolute Gasteiger partial charge is 0.480 e. The van der Waals surface area contributed by atoms with Crippen molar-refractivity contribution < 1.29 is 19.8 Å². The van der Waals surface area contributed by atoms with Gasteiger partial charge in [-0.25, -0.2) is 4.79 Å². The lowest BCUT2D eigenvalue weighted by Gasteiger charge is -2.37. The molecule has 0 aliphatic carbocycles. The van der Waals surface area contributed by atoms with Gasteiger partial charge in [0.1, 0.15) is 6.54 Å². The topological polar surface area (TPSA) is 81.1 Å². The first-order valence-electron chi connectivity index (χ1n) is 6.87. The molecule has 1 aliphatic rings. The number of hydrogen-bond acceptors (Lipinski definition) is 3. The minimum Gasteiger partial charge on any atom is -0.480 e. The monoisotopic (exact) mass is 272 g/mol. The van der Waals surface area contributed by atoms with E-state index in [1.807, 2.05) is 13.8 Å². The molecular weight excluding hydrogens is 248 g/mol. The van der Waals surface area contributed by atoms with E-state index in [1.165, 1.54) is 4.90 Å². The van der Waals surface area contributed by atoms with E-state index in [2.05, 4.69) is 0 Å². The van der Waals surface area contributed by atoms with Crippen molar-refractivity contribution in [3.8, 4) is 0 Å². The maximum absolute atomic E-state index is 12.4. The molecule has 1 aliphatic heterocycles. The van der Waals surface area contributed by atoms with Gasteiger partial charge in [-0.1, -0.05) is 6.92 Å². The molecule has 1 atom stereocenters. The third-order valence-corrected chi connectivity index (χ3v) is 3.82. The SMILES string of the molecule is CCC(C)N(CC(=O)O)C(=O)N1CCC(CO)CC1. The number of carboxylic acid groups (broad SMARTS) is 1. The predicted molar refractivity (Wildman–Crippen MR) is 70.9 cm³/mol. The summed E-state index contributed by atoms with van der Waals surface area (Å²) >= 11 is 0. The number of hydrogen-bond donors (Lipinski definition) is 2. The lowest BCUT2D eigenvalue weighted by molar-refractivity contribution is -0.138. The van der Waals surface area contributed by atoms with E-state index in [1.54, 1.807) is 4.90 Å². The van der Waals surface area contributed by atoms with Crippen LogP contribution in [0.4, 0.5) is 4.79 Å². The summed E-state index contributed by atoms with van der Waals surface area (Å²) in [5.41, 5.74) is 0. The molecule has 0 bridgehead atoms. The summed E-state index contributed by atoms with van der Waals surface area (Å²) < 4.78 is 0. The molecule has 1 saturated heterocycles. The number of rotatable bonds is 5. The van der Waals surface area contributed by atoms with Crippen LogP contribution in [0.3, 0.4) is 0 Å². The van der Waals surface area contributed by atoms with Gasteiger partial charge in [-0.05, 0) is 32.1 Å². The van der Waals surface area contributed by atoms with Gasteiger partial charge in [0.25, 0.3) is 0 Å². The second kappa shape index (κ2) is 7.33. The molecule has 0 radical (unpaired) electrons. The Kier molecular flexibility index (Phi) is 6.08. The van der Waals surface area contributed by atoms with E-state index in [9.17, 15) is 9.59 Å². The van der Waals surface area contributed by atoms with Crippen molar-refractivity contribution in [2.75, 3.05) is 26.2 Å². The van der Waals surface area contributed by atoms with Gasteiger partial charge in [0.05, 0.1) is 0 Å². The van der Waals surface area contributed by atoms with Crippen LogP contribution < -0.4 is 0 Å². The molecule has 1 fully saturated rings. The number of carbonyl (C=O) groups excluding carboxylic acids is 1. The molecule has 0 aromatic carbocycles. The molecule has 1 rings (SSSR count). The molecule has 6 nitrogen and oxygen atoms in total. The highest BCUT2D eigenvalue weighted by Gasteiger charge is 2.29. The minimum atomic E-state index is -0.987. The van der Waals surface area contributed by atoms with E-state index >= 15 is 0 Å². The van der Waals surface area contributed by atoms with Gasteiger partial charge in [-0.3, -0.25) is 4.79 Å². The molecule has 110 valence electrons. The van der Waals surface area contributed by atoms with Gasteiger partial charge in [-0.2, -0.15) is 0 Å². The summed E-state index contributed by atoms with van der Waals surface area (Å²) in [6.07, 6.45) is 2.29. The quantitative estimate of drug-likeness (QED) is 0.782. The van der Waals surface area contributed by atoms with Crippen molar-refractivity contribution in [1.29, 1.82) is 0 Å². The number of urea groups is 1. The first kappa shape index (κ1) is 15.8. The third-order valence-electron chi connectivity index (χ3n) is 3.82. The molecule has 6 heteroatoms. The van der Waals surface area contributed by atoms with Crippen molar-refractivity contribution in [3.63, 3.8) is 0 Å². The molecule has 0 aromatic rings. The summed E-state index contributed by atoms with van der Waals surface area (Å²) in [4.78, 5) is 26.3. The van der Waals surface area contributed by atoms with E-state index in [0.717, 1.165) is 19.3 Å². The van der Waals surface area contributed by atoms with Crippen LogP contribution in [0.1, 0.15) is 33.1 Å². The fourth-order valence-corrected chi connectivity index (χ4v) is 2.27. The average molecular weight is 272 g/mol. The molecule has 0 spiro atoms. The maximum atomic E-state index is 12.4. The molecule has 2 amide bonds. The van der Waals surface area contributed by atoms with E-state index < -0.39 is 5.97 Å². The van der Waals surface area contributed by atoms with Crippen LogP contribution in [-0.2, 0) is 4.79 Å². The number of carbonyl (C=O) groups is 2. The summed E-state index contributed by atoms with van der Waals surface area (Å²) in [5.74, 6) is -0.723. The third kappa shape index (κ3) is 4.38. The fourth-order valence-electron chi connectivity index (χ4n) is 2.27. The second-order valence-corrected chi connectivity index (χ2v) is 5.17. The van der Waals surface area contributed by atoms with Crippen molar-refractivity contribution in [1.82, 2.24) is 9.80 Å². The van der Waals surface area contributed by atoms with Crippen molar-refractivity contribution in [3.05, 3.63) is 0 Å². The fraction of sp³-hybridized carbons (Fsp3) is 0.846. The maximum Gasteiger partial charge on any atom is 0.323 e. The molecule has 1 heterocycles. The van der Waals surface area contributed by atoms with Gasteiger partial charge < -0.3 is 20.0 Å². The number of nitrogens with zero attached hydrogens (tertiary/aromatic N) is 2. The number of carboxylic acids is 1. The number of aliphatic hydroxyl groups excluding tert-OH is 1. The molecular formula is C13H24N2O4. The smallest absolute Gasteiger partial charge is 0.323 e.